The maximum absolute atomic E-state index is 13.2. The first-order chi connectivity index (χ1) is 15.4. The van der Waals surface area contributed by atoms with E-state index < -0.39 is 0 Å². The summed E-state index contributed by atoms with van der Waals surface area (Å²) in [6.07, 6.45) is 2.45. The van der Waals surface area contributed by atoms with E-state index in [0.717, 1.165) is 18.8 Å². The number of amides is 2. The van der Waals surface area contributed by atoms with E-state index in [1.165, 1.54) is 23.4 Å². The lowest BCUT2D eigenvalue weighted by molar-refractivity contribution is -0.137. The van der Waals surface area contributed by atoms with Gasteiger partial charge in [-0.1, -0.05) is 23.7 Å². The molecular formula is C25H28ClN3O3. The van der Waals surface area contributed by atoms with Crippen LogP contribution in [-0.4, -0.2) is 49.1 Å². The minimum absolute atomic E-state index is 0.0261. The van der Waals surface area contributed by atoms with E-state index in [-0.39, 0.29) is 30.2 Å². The fourth-order valence-electron chi connectivity index (χ4n) is 4.03. The van der Waals surface area contributed by atoms with Crippen LogP contribution in [0.25, 0.3) is 5.57 Å². The minimum atomic E-state index is -0.351. The Balaban J connectivity index is 1.60. The largest absolute Gasteiger partial charge is 0.377 e. The number of nitrogens with one attached hydrogen (secondary N) is 1. The summed E-state index contributed by atoms with van der Waals surface area (Å²) in [5, 5.41) is 3.78. The van der Waals surface area contributed by atoms with Crippen LogP contribution in [0.15, 0.2) is 54.2 Å². The molecule has 32 heavy (non-hydrogen) atoms. The number of benzene rings is 2. The number of rotatable bonds is 8. The van der Waals surface area contributed by atoms with E-state index in [1.54, 1.807) is 24.3 Å². The third kappa shape index (κ3) is 4.81. The van der Waals surface area contributed by atoms with Crippen molar-refractivity contribution in [3.63, 3.8) is 0 Å². The van der Waals surface area contributed by atoms with E-state index in [4.69, 9.17) is 16.3 Å². The second-order valence-corrected chi connectivity index (χ2v) is 8.74. The van der Waals surface area contributed by atoms with E-state index in [2.05, 4.69) is 10.2 Å². The zero-order valence-corrected chi connectivity index (χ0v) is 19.2. The molecular weight excluding hydrogens is 426 g/mol. The number of carbonyl (C=O) groups is 2. The molecule has 1 saturated heterocycles. The normalized spacial score (nSPS) is 16.6. The van der Waals surface area contributed by atoms with Crippen molar-refractivity contribution in [2.75, 3.05) is 36.5 Å². The molecule has 7 heteroatoms. The molecule has 1 fully saturated rings. The van der Waals surface area contributed by atoms with Crippen molar-refractivity contribution in [1.82, 2.24) is 4.90 Å². The average Bonchev–Trinajstić information content (AvgIpc) is 3.39. The Hall–Kier alpha value is -2.83. The fraction of sp³-hybridized carbons (Fsp3) is 0.360. The van der Waals surface area contributed by atoms with Gasteiger partial charge in [0.25, 0.3) is 11.8 Å². The van der Waals surface area contributed by atoms with Crippen molar-refractivity contribution >= 4 is 40.4 Å². The number of halogens is 1. The third-order valence-corrected chi connectivity index (χ3v) is 5.93. The topological polar surface area (TPSA) is 61.9 Å². The van der Waals surface area contributed by atoms with Crippen LogP contribution in [0.4, 0.5) is 11.4 Å². The maximum atomic E-state index is 13.2. The Morgan fingerprint density at radius 2 is 1.62 bits per heavy atom. The maximum Gasteiger partial charge on any atom is 0.278 e. The number of anilines is 2. The molecule has 0 spiro atoms. The molecule has 0 saturated carbocycles. The molecule has 0 aliphatic carbocycles. The zero-order chi connectivity index (χ0) is 22.7. The molecule has 0 aromatic heterocycles. The second-order valence-electron chi connectivity index (χ2n) is 8.30. The van der Waals surface area contributed by atoms with Crippen LogP contribution in [0.2, 0.25) is 5.02 Å². The van der Waals surface area contributed by atoms with Crippen molar-refractivity contribution in [2.24, 2.45) is 0 Å². The number of ether oxygens (including phenoxy) is 1. The Kier molecular flexibility index (Phi) is 6.82. The van der Waals surface area contributed by atoms with Crippen molar-refractivity contribution in [3.8, 4) is 0 Å². The van der Waals surface area contributed by atoms with Crippen LogP contribution in [-0.2, 0) is 14.3 Å². The summed E-state index contributed by atoms with van der Waals surface area (Å²) in [5.74, 6) is -0.684. The Morgan fingerprint density at radius 1 is 0.969 bits per heavy atom. The average molecular weight is 454 g/mol. The lowest BCUT2D eigenvalue weighted by Crippen LogP contribution is -2.35. The molecule has 4 rings (SSSR count). The highest BCUT2D eigenvalue weighted by Crippen LogP contribution is 2.32. The smallest absolute Gasteiger partial charge is 0.278 e. The van der Waals surface area contributed by atoms with Crippen LogP contribution in [0.3, 0.4) is 0 Å². The monoisotopic (exact) mass is 453 g/mol. The highest BCUT2D eigenvalue weighted by molar-refractivity contribution is 6.36. The SMILES string of the molecule is CC(C)OCCN1C(=O)C(Nc2ccc(N3CCCC3)cc2)=C(c2ccc(Cl)cc2)C1=O. The Morgan fingerprint density at radius 3 is 2.25 bits per heavy atom. The van der Waals surface area contributed by atoms with Crippen molar-refractivity contribution in [2.45, 2.75) is 32.8 Å². The van der Waals surface area contributed by atoms with Gasteiger partial charge in [-0.15, -0.1) is 0 Å². The minimum Gasteiger partial charge on any atom is -0.377 e. The van der Waals surface area contributed by atoms with E-state index in [1.807, 2.05) is 38.1 Å². The molecule has 2 amide bonds. The number of nitrogens with zero attached hydrogens (tertiary/aromatic N) is 2. The van der Waals surface area contributed by atoms with Gasteiger partial charge in [-0.25, -0.2) is 0 Å². The summed E-state index contributed by atoms with van der Waals surface area (Å²) in [6, 6.07) is 14.9. The summed E-state index contributed by atoms with van der Waals surface area (Å²) in [5.41, 5.74) is 3.20. The van der Waals surface area contributed by atoms with Crippen LogP contribution in [0, 0.1) is 0 Å². The van der Waals surface area contributed by atoms with Crippen LogP contribution in [0.5, 0.6) is 0 Å². The summed E-state index contributed by atoms with van der Waals surface area (Å²) in [7, 11) is 0. The Bertz CT molecular complexity index is 1010. The quantitative estimate of drug-likeness (QED) is 0.594. The van der Waals surface area contributed by atoms with E-state index in [0.29, 0.717) is 22.8 Å². The lowest BCUT2D eigenvalue weighted by atomic mass is 10.0. The Labute approximate surface area is 193 Å². The van der Waals surface area contributed by atoms with Crippen molar-refractivity contribution in [3.05, 3.63) is 64.8 Å². The third-order valence-electron chi connectivity index (χ3n) is 5.67. The number of imide groups is 1. The molecule has 0 atom stereocenters. The molecule has 0 unspecified atom stereocenters. The highest BCUT2D eigenvalue weighted by Gasteiger charge is 2.39. The number of hydrogen-bond donors (Lipinski definition) is 1. The molecule has 2 aromatic rings. The fourth-order valence-corrected chi connectivity index (χ4v) is 4.16. The van der Waals surface area contributed by atoms with Gasteiger partial charge in [0.15, 0.2) is 0 Å². The van der Waals surface area contributed by atoms with Gasteiger partial charge in [-0.3, -0.25) is 14.5 Å². The van der Waals surface area contributed by atoms with E-state index in [9.17, 15) is 9.59 Å². The van der Waals surface area contributed by atoms with Gasteiger partial charge in [-0.05, 0) is 68.7 Å². The van der Waals surface area contributed by atoms with Crippen molar-refractivity contribution < 1.29 is 14.3 Å². The predicted molar refractivity (Wildman–Crippen MR) is 128 cm³/mol. The van der Waals surface area contributed by atoms with Gasteiger partial charge < -0.3 is 15.0 Å². The molecule has 0 bridgehead atoms. The molecule has 2 aliphatic rings. The zero-order valence-electron chi connectivity index (χ0n) is 18.4. The highest BCUT2D eigenvalue weighted by atomic mass is 35.5. The van der Waals surface area contributed by atoms with Gasteiger partial charge in [0.1, 0.15) is 5.70 Å². The van der Waals surface area contributed by atoms with Gasteiger partial charge in [-0.2, -0.15) is 0 Å². The van der Waals surface area contributed by atoms with Gasteiger partial charge in [0.2, 0.25) is 0 Å². The summed E-state index contributed by atoms with van der Waals surface area (Å²) in [6.45, 7) is 6.47. The van der Waals surface area contributed by atoms with Crippen LogP contribution in [0.1, 0.15) is 32.3 Å². The molecule has 168 valence electrons. The molecule has 2 aromatic carbocycles. The van der Waals surface area contributed by atoms with E-state index >= 15 is 0 Å². The molecule has 1 N–H and O–H groups in total. The molecule has 2 heterocycles. The first-order valence-electron chi connectivity index (χ1n) is 11.0. The van der Waals surface area contributed by atoms with Gasteiger partial charge in [0.05, 0.1) is 24.8 Å². The standard InChI is InChI=1S/C25H28ClN3O3/c1-17(2)32-16-15-29-24(30)22(18-5-7-19(26)8-6-18)23(25(29)31)27-20-9-11-21(12-10-20)28-13-3-4-14-28/h5-12,17,27H,3-4,13-16H2,1-2H3. The first kappa shape index (κ1) is 22.4. The molecule has 2 aliphatic heterocycles. The summed E-state index contributed by atoms with van der Waals surface area (Å²) >= 11 is 6.03. The lowest BCUT2D eigenvalue weighted by Gasteiger charge is -2.18. The van der Waals surface area contributed by atoms with Crippen LogP contribution < -0.4 is 10.2 Å². The first-order valence-corrected chi connectivity index (χ1v) is 11.4. The molecule has 0 radical (unpaired) electrons. The second kappa shape index (κ2) is 9.76. The summed E-state index contributed by atoms with van der Waals surface area (Å²) < 4.78 is 5.57. The van der Waals surface area contributed by atoms with Crippen molar-refractivity contribution in [1.29, 1.82) is 0 Å². The van der Waals surface area contributed by atoms with Gasteiger partial charge in [0, 0.05) is 29.5 Å². The summed E-state index contributed by atoms with van der Waals surface area (Å²) in [4.78, 5) is 30.0. The number of carbonyl (C=O) groups excluding carboxylic acids is 2. The predicted octanol–water partition coefficient (Wildman–Crippen LogP) is 4.56. The number of hydrogen-bond acceptors (Lipinski definition) is 5. The van der Waals surface area contributed by atoms with Gasteiger partial charge >= 0.3 is 0 Å². The molecule has 6 nitrogen and oxygen atoms in total. The van der Waals surface area contributed by atoms with Crippen LogP contribution >= 0.6 is 11.6 Å².